The van der Waals surface area contributed by atoms with Gasteiger partial charge in [0.25, 0.3) is 5.91 Å². The van der Waals surface area contributed by atoms with Crippen molar-refractivity contribution in [2.24, 2.45) is 0 Å². The third kappa shape index (κ3) is 4.71. The first-order valence-electron chi connectivity index (χ1n) is 9.63. The van der Waals surface area contributed by atoms with E-state index in [0.717, 1.165) is 44.0 Å². The first-order valence-corrected chi connectivity index (χ1v) is 9.63. The maximum atomic E-state index is 12.6. The van der Waals surface area contributed by atoms with Crippen molar-refractivity contribution in [3.63, 3.8) is 0 Å². The fraction of sp³-hybridized carbons (Fsp3) is 0.409. The molecule has 0 aromatic heterocycles. The van der Waals surface area contributed by atoms with Crippen LogP contribution in [-0.4, -0.2) is 38.1 Å². The van der Waals surface area contributed by atoms with Crippen LogP contribution in [0.3, 0.4) is 0 Å². The summed E-state index contributed by atoms with van der Waals surface area (Å²) in [5.41, 5.74) is 4.87. The molecule has 0 bridgehead atoms. The molecule has 0 saturated carbocycles. The minimum Gasteiger partial charge on any atom is -0.322 e. The maximum Gasteiger partial charge on any atom is 0.282 e. The van der Waals surface area contributed by atoms with E-state index in [-0.39, 0.29) is 11.9 Å². The van der Waals surface area contributed by atoms with Gasteiger partial charge in [0.15, 0.2) is 6.04 Å². The normalized spacial score (nSPS) is 21.2. The summed E-state index contributed by atoms with van der Waals surface area (Å²) in [5.74, 6) is 0.118. The second kappa shape index (κ2) is 8.47. The fourth-order valence-corrected chi connectivity index (χ4v) is 3.77. The van der Waals surface area contributed by atoms with E-state index in [4.69, 9.17) is 0 Å². The summed E-state index contributed by atoms with van der Waals surface area (Å²) in [4.78, 5) is 15.6. The lowest BCUT2D eigenvalue weighted by atomic mass is 10.1. The van der Waals surface area contributed by atoms with Gasteiger partial charge < -0.3 is 15.1 Å². The van der Waals surface area contributed by atoms with Crippen molar-refractivity contribution < 1.29 is 14.6 Å². The van der Waals surface area contributed by atoms with Gasteiger partial charge in [-0.2, -0.15) is 0 Å². The minimum absolute atomic E-state index is 0.0180. The van der Waals surface area contributed by atoms with Gasteiger partial charge in [-0.05, 0) is 44.0 Å². The number of aryl methyl sites for hydroxylation is 2. The largest absolute Gasteiger partial charge is 0.322 e. The van der Waals surface area contributed by atoms with E-state index in [1.54, 1.807) is 4.90 Å². The number of piperazine rings is 1. The summed E-state index contributed by atoms with van der Waals surface area (Å²) in [6.45, 7) is 11.7. The van der Waals surface area contributed by atoms with Crippen molar-refractivity contribution in [3.05, 3.63) is 65.2 Å². The molecule has 3 rings (SSSR count). The van der Waals surface area contributed by atoms with Gasteiger partial charge in [0.1, 0.15) is 32.7 Å². The molecule has 3 N–H and O–H groups in total. The lowest BCUT2D eigenvalue weighted by Gasteiger charge is -2.32. The second-order valence-corrected chi connectivity index (χ2v) is 7.59. The first-order chi connectivity index (χ1) is 12.5. The Labute approximate surface area is 156 Å². The van der Waals surface area contributed by atoms with E-state index in [2.05, 4.69) is 36.5 Å². The Bertz CT molecular complexity index is 751. The summed E-state index contributed by atoms with van der Waals surface area (Å²) >= 11 is 0. The molecule has 0 spiro atoms. The molecule has 1 aliphatic rings. The Morgan fingerprint density at radius 3 is 2.46 bits per heavy atom. The van der Waals surface area contributed by atoms with Crippen LogP contribution in [0.4, 0.5) is 5.69 Å². The highest BCUT2D eigenvalue weighted by Gasteiger charge is 2.31. The smallest absolute Gasteiger partial charge is 0.282 e. The molecule has 26 heavy (non-hydrogen) atoms. The van der Waals surface area contributed by atoms with Crippen molar-refractivity contribution in [2.45, 2.75) is 33.4 Å². The van der Waals surface area contributed by atoms with Gasteiger partial charge in [0.05, 0.1) is 0 Å². The van der Waals surface area contributed by atoms with Gasteiger partial charge in [-0.1, -0.05) is 36.4 Å². The van der Waals surface area contributed by atoms with Crippen LogP contribution in [0.5, 0.6) is 0 Å². The zero-order valence-electron chi connectivity index (χ0n) is 16.1. The molecular weight excluding hydrogens is 322 g/mol. The molecule has 1 heterocycles. The van der Waals surface area contributed by atoms with E-state index < -0.39 is 0 Å². The molecule has 2 aromatic carbocycles. The molecule has 4 nitrogen and oxygen atoms in total. The van der Waals surface area contributed by atoms with Gasteiger partial charge in [-0.15, -0.1) is 0 Å². The van der Waals surface area contributed by atoms with E-state index in [0.29, 0.717) is 0 Å². The highest BCUT2D eigenvalue weighted by Crippen LogP contribution is 2.09. The molecule has 0 aliphatic carbocycles. The van der Waals surface area contributed by atoms with E-state index in [1.165, 1.54) is 16.0 Å². The van der Waals surface area contributed by atoms with Crippen molar-refractivity contribution in [1.29, 1.82) is 0 Å². The SMILES string of the molecule is Cc1cccc(NC(=O)[C@H](C)[NH+]2CC[NH+](Cc3ccccc3C)CC2)c1. The second-order valence-electron chi connectivity index (χ2n) is 7.59. The Hall–Kier alpha value is -2.17. The number of nitrogens with one attached hydrogen (secondary N) is 3. The lowest BCUT2D eigenvalue weighted by molar-refractivity contribution is -1.02. The highest BCUT2D eigenvalue weighted by molar-refractivity contribution is 5.93. The molecule has 1 fully saturated rings. The number of rotatable bonds is 5. The quantitative estimate of drug-likeness (QED) is 0.724. The molecule has 0 radical (unpaired) electrons. The zero-order chi connectivity index (χ0) is 18.5. The molecule has 4 heteroatoms. The van der Waals surface area contributed by atoms with E-state index >= 15 is 0 Å². The summed E-state index contributed by atoms with van der Waals surface area (Å²) < 4.78 is 0. The number of carbonyl (C=O) groups is 1. The van der Waals surface area contributed by atoms with Crippen molar-refractivity contribution in [2.75, 3.05) is 31.5 Å². The fourth-order valence-electron chi connectivity index (χ4n) is 3.77. The van der Waals surface area contributed by atoms with Crippen molar-refractivity contribution in [1.82, 2.24) is 0 Å². The van der Waals surface area contributed by atoms with Gasteiger partial charge in [0.2, 0.25) is 0 Å². The number of quaternary nitrogens is 2. The molecule has 1 amide bonds. The predicted octanol–water partition coefficient (Wildman–Crippen LogP) is 0.614. The van der Waals surface area contributed by atoms with E-state index in [9.17, 15) is 4.79 Å². The summed E-state index contributed by atoms with van der Waals surface area (Å²) in [7, 11) is 0. The van der Waals surface area contributed by atoms with Crippen LogP contribution in [0.15, 0.2) is 48.5 Å². The molecule has 1 atom stereocenters. The van der Waals surface area contributed by atoms with Crippen LogP contribution in [0, 0.1) is 13.8 Å². The number of hydrogen-bond donors (Lipinski definition) is 3. The monoisotopic (exact) mass is 353 g/mol. The van der Waals surface area contributed by atoms with Gasteiger partial charge in [-0.3, -0.25) is 4.79 Å². The standard InChI is InChI=1S/C22H29N3O/c1-17-7-6-10-21(15-17)23-22(26)19(3)25-13-11-24(12-14-25)16-20-9-5-4-8-18(20)2/h4-10,15,19H,11-14,16H2,1-3H3,(H,23,26)/p+2/t19-/m0/s1. The Balaban J connectivity index is 1.50. The zero-order valence-corrected chi connectivity index (χ0v) is 16.1. The average Bonchev–Trinajstić information content (AvgIpc) is 2.64. The number of anilines is 1. The molecule has 2 aromatic rings. The molecule has 1 saturated heterocycles. The Morgan fingerprint density at radius 1 is 1.04 bits per heavy atom. The molecule has 138 valence electrons. The third-order valence-corrected chi connectivity index (χ3v) is 5.59. The number of amides is 1. The molecule has 1 aliphatic heterocycles. The highest BCUT2D eigenvalue weighted by atomic mass is 16.2. The van der Waals surface area contributed by atoms with Crippen molar-refractivity contribution >= 4 is 11.6 Å². The number of carbonyl (C=O) groups excluding carboxylic acids is 1. The molecular formula is C22H31N3O+2. The van der Waals surface area contributed by atoms with Crippen LogP contribution in [0.1, 0.15) is 23.6 Å². The van der Waals surface area contributed by atoms with Crippen LogP contribution in [0.2, 0.25) is 0 Å². The molecule has 0 unspecified atom stereocenters. The predicted molar refractivity (Wildman–Crippen MR) is 106 cm³/mol. The Kier molecular flexibility index (Phi) is 6.07. The first kappa shape index (κ1) is 18.6. The summed E-state index contributed by atoms with van der Waals surface area (Å²) in [6.07, 6.45) is 0. The number of hydrogen-bond acceptors (Lipinski definition) is 1. The average molecular weight is 354 g/mol. The third-order valence-electron chi connectivity index (χ3n) is 5.59. The summed E-state index contributed by atoms with van der Waals surface area (Å²) in [6, 6.07) is 16.6. The van der Waals surface area contributed by atoms with E-state index in [1.807, 2.05) is 38.1 Å². The topological polar surface area (TPSA) is 38.0 Å². The van der Waals surface area contributed by atoms with Crippen LogP contribution in [0.25, 0.3) is 0 Å². The minimum atomic E-state index is -0.0180. The Morgan fingerprint density at radius 2 is 1.77 bits per heavy atom. The van der Waals surface area contributed by atoms with Crippen LogP contribution < -0.4 is 15.1 Å². The van der Waals surface area contributed by atoms with Crippen LogP contribution >= 0.6 is 0 Å². The number of benzene rings is 2. The maximum absolute atomic E-state index is 12.6. The van der Waals surface area contributed by atoms with Crippen LogP contribution in [-0.2, 0) is 11.3 Å². The van der Waals surface area contributed by atoms with Crippen molar-refractivity contribution in [3.8, 4) is 0 Å². The van der Waals surface area contributed by atoms with Gasteiger partial charge >= 0.3 is 0 Å². The van der Waals surface area contributed by atoms with Gasteiger partial charge in [-0.25, -0.2) is 0 Å². The lowest BCUT2D eigenvalue weighted by Crippen LogP contribution is -3.29. The van der Waals surface area contributed by atoms with Gasteiger partial charge in [0, 0.05) is 11.3 Å². The summed E-state index contributed by atoms with van der Waals surface area (Å²) in [5, 5.41) is 3.07.